The van der Waals surface area contributed by atoms with Gasteiger partial charge in [0.2, 0.25) is 0 Å². The molecule has 0 aliphatic heterocycles. The molecule has 1 amide bonds. The molecule has 0 spiro atoms. The van der Waals surface area contributed by atoms with Gasteiger partial charge in [-0.05, 0) is 76.6 Å². The molecule has 2 aromatic rings. The van der Waals surface area contributed by atoms with Crippen molar-refractivity contribution in [3.63, 3.8) is 0 Å². The fourth-order valence-corrected chi connectivity index (χ4v) is 4.89. The normalized spacial score (nSPS) is 13.8. The van der Waals surface area contributed by atoms with Crippen LogP contribution in [0.2, 0.25) is 0 Å². The first-order chi connectivity index (χ1) is 18.4. The number of ether oxygens (including phenoxy) is 3. The largest absolute Gasteiger partial charge is 0.534 e. The predicted octanol–water partition coefficient (Wildman–Crippen LogP) is 5.60. The Kier molecular flexibility index (Phi) is 11.4. The fraction of sp³-hybridized carbons (Fsp3) is 0.538. The Bertz CT molecular complexity index is 1270. The standard InChI is InChI=1S/C26H34F3NO8S2/c1-7-35-23(31)17(3)36-14-20(22-10-16(2)15-39-22)12-18-8-9-21(38-40(33,34)26(27,28)29)19(11-18)13-30-24(32)37-25(4,5)6/h8-11,15,17,20H,7,12-14H2,1-6H3,(H,30,32). The first-order valence-electron chi connectivity index (χ1n) is 12.3. The Labute approximate surface area is 236 Å². The van der Waals surface area contributed by atoms with Crippen LogP contribution in [0.15, 0.2) is 29.6 Å². The van der Waals surface area contributed by atoms with Crippen LogP contribution in [0.5, 0.6) is 5.75 Å². The van der Waals surface area contributed by atoms with Crippen molar-refractivity contribution in [2.24, 2.45) is 0 Å². The number of halogens is 3. The molecule has 14 heteroatoms. The van der Waals surface area contributed by atoms with Crippen LogP contribution in [0.25, 0.3) is 0 Å². The van der Waals surface area contributed by atoms with Crippen molar-refractivity contribution in [1.29, 1.82) is 0 Å². The zero-order chi connectivity index (χ0) is 30.3. The molecule has 2 unspecified atom stereocenters. The highest BCUT2D eigenvalue weighted by Crippen LogP contribution is 2.32. The van der Waals surface area contributed by atoms with Crippen molar-refractivity contribution in [3.05, 3.63) is 51.2 Å². The summed E-state index contributed by atoms with van der Waals surface area (Å²) in [4.78, 5) is 25.1. The van der Waals surface area contributed by atoms with Crippen LogP contribution in [0.1, 0.15) is 62.1 Å². The van der Waals surface area contributed by atoms with Gasteiger partial charge in [0, 0.05) is 22.9 Å². The zero-order valence-corrected chi connectivity index (χ0v) is 24.7. The Morgan fingerprint density at radius 3 is 2.35 bits per heavy atom. The Balaban J connectivity index is 2.36. The molecule has 1 aromatic heterocycles. The molecule has 0 bridgehead atoms. The molecule has 224 valence electrons. The number of benzene rings is 1. The van der Waals surface area contributed by atoms with Gasteiger partial charge >= 0.3 is 27.7 Å². The number of nitrogens with one attached hydrogen (secondary N) is 1. The minimum absolute atomic E-state index is 0.0156. The monoisotopic (exact) mass is 609 g/mol. The minimum atomic E-state index is -5.95. The topological polar surface area (TPSA) is 117 Å². The molecule has 2 rings (SSSR count). The number of carbonyl (C=O) groups is 2. The molecule has 1 aromatic carbocycles. The van der Waals surface area contributed by atoms with E-state index in [-0.39, 0.29) is 31.2 Å². The van der Waals surface area contributed by atoms with Crippen LogP contribution < -0.4 is 9.50 Å². The highest BCUT2D eigenvalue weighted by molar-refractivity contribution is 7.88. The van der Waals surface area contributed by atoms with E-state index >= 15 is 0 Å². The van der Waals surface area contributed by atoms with E-state index in [0.717, 1.165) is 16.5 Å². The molecule has 2 atom stereocenters. The Morgan fingerprint density at radius 1 is 1.12 bits per heavy atom. The predicted molar refractivity (Wildman–Crippen MR) is 143 cm³/mol. The van der Waals surface area contributed by atoms with E-state index in [1.807, 2.05) is 18.4 Å². The van der Waals surface area contributed by atoms with E-state index in [9.17, 15) is 31.2 Å². The summed E-state index contributed by atoms with van der Waals surface area (Å²) < 4.78 is 82.7. The number of rotatable bonds is 12. The summed E-state index contributed by atoms with van der Waals surface area (Å²) in [5, 5.41) is 4.36. The third-order valence-electron chi connectivity index (χ3n) is 5.23. The molecule has 0 radical (unpaired) electrons. The van der Waals surface area contributed by atoms with E-state index in [0.29, 0.717) is 12.0 Å². The summed E-state index contributed by atoms with van der Waals surface area (Å²) >= 11 is 1.49. The van der Waals surface area contributed by atoms with Gasteiger partial charge in [0.05, 0.1) is 13.2 Å². The van der Waals surface area contributed by atoms with Gasteiger partial charge in [-0.3, -0.25) is 0 Å². The molecule has 0 saturated carbocycles. The van der Waals surface area contributed by atoms with Crippen LogP contribution in [0, 0.1) is 6.92 Å². The van der Waals surface area contributed by atoms with Gasteiger partial charge in [-0.15, -0.1) is 11.3 Å². The SMILES string of the molecule is CCOC(=O)C(C)OCC(Cc1ccc(OS(=O)(=O)C(F)(F)F)c(CNC(=O)OC(C)(C)C)c1)c1cc(C)cs1. The molecule has 0 fully saturated rings. The van der Waals surface area contributed by atoms with E-state index in [1.165, 1.54) is 23.5 Å². The van der Waals surface area contributed by atoms with Crippen molar-refractivity contribution >= 4 is 33.5 Å². The van der Waals surface area contributed by atoms with Crippen molar-refractivity contribution in [2.45, 2.75) is 77.6 Å². The van der Waals surface area contributed by atoms with Crippen molar-refractivity contribution in [2.75, 3.05) is 13.2 Å². The molecule has 1 N–H and O–H groups in total. The number of hydrogen-bond donors (Lipinski definition) is 1. The van der Waals surface area contributed by atoms with Crippen molar-refractivity contribution in [1.82, 2.24) is 5.32 Å². The Hall–Kier alpha value is -2.84. The number of aryl methyl sites for hydroxylation is 1. The first kappa shape index (κ1) is 33.4. The lowest BCUT2D eigenvalue weighted by Crippen LogP contribution is -2.32. The van der Waals surface area contributed by atoms with Gasteiger partial charge in [-0.1, -0.05) is 12.1 Å². The molecule has 1 heterocycles. The van der Waals surface area contributed by atoms with Gasteiger partial charge in [-0.2, -0.15) is 21.6 Å². The van der Waals surface area contributed by atoms with Crippen LogP contribution in [-0.4, -0.2) is 50.9 Å². The fourth-order valence-electron chi connectivity index (χ4n) is 3.41. The summed E-state index contributed by atoms with van der Waals surface area (Å²) in [6.07, 6.45) is -1.35. The third-order valence-corrected chi connectivity index (χ3v) is 7.41. The quantitative estimate of drug-likeness (QED) is 0.188. The Morgan fingerprint density at radius 2 is 1.80 bits per heavy atom. The van der Waals surface area contributed by atoms with Crippen molar-refractivity contribution < 1.29 is 49.6 Å². The van der Waals surface area contributed by atoms with Gasteiger partial charge in [-0.25, -0.2) is 9.59 Å². The highest BCUT2D eigenvalue weighted by Gasteiger charge is 2.48. The summed E-state index contributed by atoms with van der Waals surface area (Å²) in [6, 6.07) is 5.94. The summed E-state index contributed by atoms with van der Waals surface area (Å²) in [6.45, 7) is 10.0. The average molecular weight is 610 g/mol. The number of thiophene rings is 1. The molecule has 9 nitrogen and oxygen atoms in total. The number of alkyl carbamates (subject to hydrolysis) is 1. The van der Waals surface area contributed by atoms with Gasteiger partial charge < -0.3 is 23.7 Å². The van der Waals surface area contributed by atoms with Crippen LogP contribution in [0.3, 0.4) is 0 Å². The second-order valence-electron chi connectivity index (χ2n) is 9.94. The number of carbonyl (C=O) groups excluding carboxylic acids is 2. The van der Waals surface area contributed by atoms with E-state index in [4.69, 9.17) is 14.2 Å². The minimum Gasteiger partial charge on any atom is -0.464 e. The maximum absolute atomic E-state index is 13.0. The maximum Gasteiger partial charge on any atom is 0.534 e. The lowest BCUT2D eigenvalue weighted by molar-refractivity contribution is -0.155. The summed E-state index contributed by atoms with van der Waals surface area (Å²) in [5.41, 5.74) is -4.88. The molecule has 40 heavy (non-hydrogen) atoms. The highest BCUT2D eigenvalue weighted by atomic mass is 32.2. The van der Waals surface area contributed by atoms with E-state index in [2.05, 4.69) is 9.50 Å². The summed E-state index contributed by atoms with van der Waals surface area (Å²) in [5.74, 6) is -1.35. The van der Waals surface area contributed by atoms with Crippen LogP contribution in [0.4, 0.5) is 18.0 Å². The second kappa shape index (κ2) is 13.7. The number of amides is 1. The maximum atomic E-state index is 13.0. The number of alkyl halides is 3. The van der Waals surface area contributed by atoms with Gasteiger partial charge in [0.25, 0.3) is 0 Å². The molecular weight excluding hydrogens is 575 g/mol. The summed E-state index contributed by atoms with van der Waals surface area (Å²) in [7, 11) is -5.95. The van der Waals surface area contributed by atoms with Gasteiger partial charge in [0.15, 0.2) is 6.10 Å². The lowest BCUT2D eigenvalue weighted by Gasteiger charge is -2.21. The second-order valence-corrected chi connectivity index (χ2v) is 12.4. The number of hydrogen-bond acceptors (Lipinski definition) is 9. The average Bonchev–Trinajstić information content (AvgIpc) is 3.25. The zero-order valence-electron chi connectivity index (χ0n) is 23.1. The van der Waals surface area contributed by atoms with Crippen LogP contribution >= 0.6 is 11.3 Å². The van der Waals surface area contributed by atoms with E-state index < -0.39 is 45.1 Å². The third kappa shape index (κ3) is 10.3. The van der Waals surface area contributed by atoms with Crippen LogP contribution in [-0.2, 0) is 42.1 Å². The first-order valence-corrected chi connectivity index (χ1v) is 14.6. The molecule has 0 aliphatic rings. The van der Waals surface area contributed by atoms with Gasteiger partial charge in [0.1, 0.15) is 11.4 Å². The number of esters is 1. The lowest BCUT2D eigenvalue weighted by atomic mass is 9.96. The van der Waals surface area contributed by atoms with Crippen molar-refractivity contribution in [3.8, 4) is 5.75 Å². The molecule has 0 saturated heterocycles. The molecular formula is C26H34F3NO8S2. The smallest absolute Gasteiger partial charge is 0.464 e. The van der Waals surface area contributed by atoms with E-state index in [1.54, 1.807) is 34.6 Å². The molecule has 0 aliphatic carbocycles.